The summed E-state index contributed by atoms with van der Waals surface area (Å²) in [5.41, 5.74) is 1.61. The van der Waals surface area contributed by atoms with Crippen LogP contribution in [0, 0.1) is 5.92 Å². The molecule has 2 aliphatic heterocycles. The van der Waals surface area contributed by atoms with Crippen molar-refractivity contribution in [2.75, 3.05) is 36.6 Å². The molecule has 1 saturated heterocycles. The van der Waals surface area contributed by atoms with E-state index in [2.05, 4.69) is 10.3 Å². The minimum atomic E-state index is -1.83. The van der Waals surface area contributed by atoms with Crippen molar-refractivity contribution >= 4 is 29.2 Å². The summed E-state index contributed by atoms with van der Waals surface area (Å²) in [5.74, 6) is -1.50. The van der Waals surface area contributed by atoms with Crippen molar-refractivity contribution in [1.82, 2.24) is 15.0 Å². The van der Waals surface area contributed by atoms with E-state index in [0.29, 0.717) is 67.9 Å². The first-order valence-corrected chi connectivity index (χ1v) is 17.1. The SMILES string of the molecule is COC(=O)CCCCN1C(=O)[C@](O)([C@H](C)/C=C/CCn2cc(C(CO)c3ccccc3)nn2)c2cc(N3CCCCCCC3=O)ccc21. The van der Waals surface area contributed by atoms with E-state index in [1.807, 2.05) is 73.8 Å². The highest BCUT2D eigenvalue weighted by Gasteiger charge is 2.52. The van der Waals surface area contributed by atoms with Crippen LogP contribution < -0.4 is 9.80 Å². The van der Waals surface area contributed by atoms with Crippen molar-refractivity contribution < 1.29 is 29.3 Å². The molecule has 48 heavy (non-hydrogen) atoms. The molecule has 1 unspecified atom stereocenters. The number of allylic oxidation sites excluding steroid dienone is 1. The lowest BCUT2D eigenvalue weighted by Crippen LogP contribution is -2.44. The third-order valence-electron chi connectivity index (χ3n) is 9.53. The van der Waals surface area contributed by atoms with Crippen molar-refractivity contribution in [2.45, 2.75) is 82.8 Å². The van der Waals surface area contributed by atoms with Crippen molar-refractivity contribution in [3.8, 4) is 0 Å². The molecule has 256 valence electrons. The Labute approximate surface area is 282 Å². The number of carbonyl (C=O) groups is 3. The molecule has 0 aliphatic carbocycles. The van der Waals surface area contributed by atoms with Crippen LogP contribution >= 0.6 is 0 Å². The van der Waals surface area contributed by atoms with E-state index in [9.17, 15) is 24.6 Å². The maximum Gasteiger partial charge on any atom is 0.305 e. The van der Waals surface area contributed by atoms with E-state index >= 15 is 0 Å². The lowest BCUT2D eigenvalue weighted by molar-refractivity contribution is -0.140. The number of methoxy groups -OCH3 is 1. The number of aliphatic hydroxyl groups excluding tert-OH is 1. The Morgan fingerprint density at radius 2 is 1.85 bits per heavy atom. The van der Waals surface area contributed by atoms with Crippen LogP contribution in [0.3, 0.4) is 0 Å². The average molecular weight is 658 g/mol. The predicted molar refractivity (Wildman–Crippen MR) is 182 cm³/mol. The van der Waals surface area contributed by atoms with Crippen molar-refractivity contribution in [2.24, 2.45) is 5.92 Å². The first kappa shape index (κ1) is 35.0. The summed E-state index contributed by atoms with van der Waals surface area (Å²) in [4.78, 5) is 42.2. The van der Waals surface area contributed by atoms with Gasteiger partial charge in [0.05, 0.1) is 31.0 Å². The van der Waals surface area contributed by atoms with Crippen molar-refractivity contribution in [3.63, 3.8) is 0 Å². The smallest absolute Gasteiger partial charge is 0.305 e. The summed E-state index contributed by atoms with van der Waals surface area (Å²) < 4.78 is 6.48. The molecule has 3 atom stereocenters. The number of carbonyl (C=O) groups excluding carboxylic acids is 3. The topological polar surface area (TPSA) is 138 Å². The van der Waals surface area contributed by atoms with E-state index in [0.717, 1.165) is 31.2 Å². The zero-order valence-electron chi connectivity index (χ0n) is 28.0. The maximum atomic E-state index is 14.1. The van der Waals surface area contributed by atoms with Crippen LogP contribution in [0.25, 0.3) is 0 Å². The van der Waals surface area contributed by atoms with Gasteiger partial charge in [0.15, 0.2) is 5.60 Å². The monoisotopic (exact) mass is 657 g/mol. The highest BCUT2D eigenvalue weighted by molar-refractivity contribution is 6.08. The van der Waals surface area contributed by atoms with Crippen LogP contribution in [-0.4, -0.2) is 69.8 Å². The van der Waals surface area contributed by atoms with Gasteiger partial charge in [-0.3, -0.25) is 19.1 Å². The maximum absolute atomic E-state index is 14.1. The van der Waals surface area contributed by atoms with Gasteiger partial charge in [-0.1, -0.05) is 67.5 Å². The lowest BCUT2D eigenvalue weighted by Gasteiger charge is -2.29. The number of hydrogen-bond donors (Lipinski definition) is 2. The molecule has 0 saturated carbocycles. The average Bonchev–Trinajstić information content (AvgIpc) is 3.64. The van der Waals surface area contributed by atoms with Gasteiger partial charge < -0.3 is 24.7 Å². The number of unbranched alkanes of at least 4 members (excludes halogenated alkanes) is 1. The zero-order chi connectivity index (χ0) is 34.1. The Balaban J connectivity index is 1.33. The fourth-order valence-corrected chi connectivity index (χ4v) is 6.68. The van der Waals surface area contributed by atoms with Crippen molar-refractivity contribution in [1.29, 1.82) is 0 Å². The van der Waals surface area contributed by atoms with Gasteiger partial charge in [-0.2, -0.15) is 0 Å². The summed E-state index contributed by atoms with van der Waals surface area (Å²) in [7, 11) is 1.35. The molecule has 0 radical (unpaired) electrons. The number of ether oxygens (including phenoxy) is 1. The van der Waals surface area contributed by atoms with Gasteiger partial charge in [0, 0.05) is 55.8 Å². The van der Waals surface area contributed by atoms with E-state index < -0.39 is 17.4 Å². The number of anilines is 2. The molecule has 2 N–H and O–H groups in total. The lowest BCUT2D eigenvalue weighted by atomic mass is 9.82. The standard InChI is InChI=1S/C37H47N5O6/c1-27(14-9-12-21-40-25-32(38-39-40)30(26-43)28-15-6-5-7-16-28)37(47)31-24-29(41-22-11-4-3-8-17-34(41)44)19-20-33(31)42(36(37)46)23-13-10-18-35(45)48-2/h5-7,9,14-16,19-20,24-25,27,30,43,47H,3-4,8,10-13,17-18,21-23,26H2,1-2H3/b14-9+/t27-,30?,37+/m1/s1. The Morgan fingerprint density at radius 3 is 2.62 bits per heavy atom. The summed E-state index contributed by atoms with van der Waals surface area (Å²) in [6.07, 6.45) is 11.9. The van der Waals surface area contributed by atoms with E-state index in [1.165, 1.54) is 7.11 Å². The van der Waals surface area contributed by atoms with Crippen LogP contribution in [0.15, 0.2) is 66.9 Å². The largest absolute Gasteiger partial charge is 0.469 e. The van der Waals surface area contributed by atoms with Gasteiger partial charge >= 0.3 is 5.97 Å². The fraction of sp³-hybridized carbons (Fsp3) is 0.486. The number of rotatable bonds is 14. The van der Waals surface area contributed by atoms with Gasteiger partial charge in [-0.15, -0.1) is 5.10 Å². The Kier molecular flexibility index (Phi) is 11.8. The molecule has 5 rings (SSSR count). The first-order chi connectivity index (χ1) is 23.3. The molecule has 1 fully saturated rings. The number of hydrogen-bond acceptors (Lipinski definition) is 8. The van der Waals surface area contributed by atoms with E-state index in [4.69, 9.17) is 4.74 Å². The fourth-order valence-electron chi connectivity index (χ4n) is 6.68. The quantitative estimate of drug-likeness (QED) is 0.143. The van der Waals surface area contributed by atoms with Crippen LogP contribution in [-0.2, 0) is 31.3 Å². The Bertz CT molecular complexity index is 1590. The van der Waals surface area contributed by atoms with Crippen LogP contribution in [0.4, 0.5) is 11.4 Å². The molecular formula is C37H47N5O6. The highest BCUT2D eigenvalue weighted by Crippen LogP contribution is 2.47. The molecule has 2 aromatic carbocycles. The zero-order valence-corrected chi connectivity index (χ0v) is 28.0. The molecule has 3 aromatic rings. The molecule has 2 aliphatic rings. The third-order valence-corrected chi connectivity index (χ3v) is 9.53. The van der Waals surface area contributed by atoms with Gasteiger partial charge in [0.1, 0.15) is 0 Å². The third kappa shape index (κ3) is 7.68. The minimum absolute atomic E-state index is 0.0560. The number of aromatic nitrogens is 3. The molecule has 2 amide bonds. The van der Waals surface area contributed by atoms with E-state index in [1.54, 1.807) is 14.5 Å². The van der Waals surface area contributed by atoms with Gasteiger partial charge in [0.2, 0.25) is 5.91 Å². The van der Waals surface area contributed by atoms with Gasteiger partial charge in [-0.05, 0) is 55.9 Å². The second-order valence-corrected chi connectivity index (χ2v) is 12.7. The Morgan fingerprint density at radius 1 is 1.06 bits per heavy atom. The number of amides is 2. The Hall–Kier alpha value is -4.35. The first-order valence-electron chi connectivity index (χ1n) is 17.1. The summed E-state index contributed by atoms with van der Waals surface area (Å²) >= 11 is 0. The number of aliphatic hydroxyl groups is 2. The molecule has 0 spiro atoms. The number of esters is 1. The molecule has 11 nitrogen and oxygen atoms in total. The van der Waals surface area contributed by atoms with E-state index in [-0.39, 0.29) is 30.8 Å². The molecule has 11 heteroatoms. The van der Waals surface area contributed by atoms with Crippen molar-refractivity contribution in [3.05, 3.63) is 83.7 Å². The van der Waals surface area contributed by atoms with Gasteiger partial charge in [-0.25, -0.2) is 0 Å². The summed E-state index contributed by atoms with van der Waals surface area (Å²) in [6.45, 7) is 3.22. The van der Waals surface area contributed by atoms with Crippen LogP contribution in [0.1, 0.15) is 87.4 Å². The highest BCUT2D eigenvalue weighted by atomic mass is 16.5. The van der Waals surface area contributed by atoms with Gasteiger partial charge in [0.25, 0.3) is 5.91 Å². The van der Waals surface area contributed by atoms with Crippen LogP contribution in [0.2, 0.25) is 0 Å². The predicted octanol–water partition coefficient (Wildman–Crippen LogP) is 4.86. The minimum Gasteiger partial charge on any atom is -0.469 e. The second kappa shape index (κ2) is 16.2. The second-order valence-electron chi connectivity index (χ2n) is 12.7. The number of nitrogens with zero attached hydrogens (tertiary/aromatic N) is 5. The number of aryl methyl sites for hydroxylation is 1. The number of fused-ring (bicyclic) bond motifs is 1. The van der Waals surface area contributed by atoms with Crippen LogP contribution in [0.5, 0.6) is 0 Å². The summed E-state index contributed by atoms with van der Waals surface area (Å²) in [6, 6.07) is 15.2. The molecular weight excluding hydrogens is 610 g/mol. The number of benzene rings is 2. The molecule has 0 bridgehead atoms. The summed E-state index contributed by atoms with van der Waals surface area (Å²) in [5, 5.41) is 30.8. The normalized spacial score (nSPS) is 19.7. The molecule has 3 heterocycles. The molecule has 1 aromatic heterocycles.